The van der Waals surface area contributed by atoms with Gasteiger partial charge in [0.2, 0.25) is 0 Å². The minimum atomic E-state index is 0. The minimum absolute atomic E-state index is 0. The number of aromatic nitrogens is 1. The normalized spacial score (nSPS) is 11.2. The summed E-state index contributed by atoms with van der Waals surface area (Å²) in [6, 6.07) is 10.5. The molecule has 0 saturated heterocycles. The van der Waals surface area contributed by atoms with E-state index in [0.29, 0.717) is 6.54 Å². The second kappa shape index (κ2) is 16.1. The zero-order valence-corrected chi connectivity index (χ0v) is 20.9. The van der Waals surface area contributed by atoms with Crippen LogP contribution in [0.2, 0.25) is 0 Å². The molecule has 2 N–H and O–H groups in total. The van der Waals surface area contributed by atoms with Gasteiger partial charge in [0.25, 0.3) is 0 Å². The summed E-state index contributed by atoms with van der Waals surface area (Å²) in [4.78, 5) is 4.72. The van der Waals surface area contributed by atoms with E-state index >= 15 is 0 Å². The zero-order valence-electron chi connectivity index (χ0n) is 18.6. The van der Waals surface area contributed by atoms with Crippen molar-refractivity contribution in [1.82, 2.24) is 15.8 Å². The molecule has 2 aromatic rings. The van der Waals surface area contributed by atoms with Crippen LogP contribution in [0.15, 0.2) is 39.8 Å². The number of aliphatic imine (C=N–C) groups is 1. The molecule has 0 radical (unpaired) electrons. The van der Waals surface area contributed by atoms with Crippen LogP contribution in [0.1, 0.15) is 56.2 Å². The van der Waals surface area contributed by atoms with Gasteiger partial charge in [0, 0.05) is 31.7 Å². The lowest BCUT2D eigenvalue weighted by Gasteiger charge is -2.11. The molecule has 0 fully saturated rings. The zero-order chi connectivity index (χ0) is 20.7. The van der Waals surface area contributed by atoms with Gasteiger partial charge in [0.1, 0.15) is 5.76 Å². The second-order valence-corrected chi connectivity index (χ2v) is 6.92. The lowest BCUT2D eigenvalue weighted by Crippen LogP contribution is -2.37. The Bertz CT molecular complexity index is 698. The van der Waals surface area contributed by atoms with Crippen molar-refractivity contribution in [2.24, 2.45) is 4.99 Å². The highest BCUT2D eigenvalue weighted by Gasteiger charge is 2.12. The maximum Gasteiger partial charge on any atom is 0.191 e. The van der Waals surface area contributed by atoms with E-state index in [4.69, 9.17) is 14.3 Å². The molecule has 0 bridgehead atoms. The van der Waals surface area contributed by atoms with Gasteiger partial charge in [-0.1, -0.05) is 49.3 Å². The Labute approximate surface area is 198 Å². The van der Waals surface area contributed by atoms with Crippen LogP contribution in [0.3, 0.4) is 0 Å². The van der Waals surface area contributed by atoms with Crippen molar-refractivity contribution in [3.8, 4) is 0 Å². The van der Waals surface area contributed by atoms with Gasteiger partial charge in [-0.05, 0) is 38.2 Å². The first kappa shape index (κ1) is 26.4. The van der Waals surface area contributed by atoms with Crippen LogP contribution in [0.4, 0.5) is 0 Å². The topological polar surface area (TPSA) is 71.7 Å². The van der Waals surface area contributed by atoms with E-state index < -0.39 is 0 Å². The van der Waals surface area contributed by atoms with Gasteiger partial charge in [-0.25, -0.2) is 4.99 Å². The standard InChI is InChI=1S/C23H36N4O2.HI/c1-4-21-20(22(5-2)29-27-21)18-26-23(24-6-3)25-15-10-11-16-28-17-14-19-12-8-7-9-13-19;/h7-9,12-13H,4-6,10-11,14-18H2,1-3H3,(H2,24,25,26);1H. The molecule has 0 saturated carbocycles. The summed E-state index contributed by atoms with van der Waals surface area (Å²) in [5, 5.41) is 10.9. The Morgan fingerprint density at radius 2 is 1.83 bits per heavy atom. The van der Waals surface area contributed by atoms with Crippen molar-refractivity contribution < 1.29 is 9.26 Å². The Hall–Kier alpha value is -1.61. The Morgan fingerprint density at radius 1 is 1.03 bits per heavy atom. The molecule has 30 heavy (non-hydrogen) atoms. The average Bonchev–Trinajstić information content (AvgIpc) is 3.16. The summed E-state index contributed by atoms with van der Waals surface area (Å²) in [6.07, 6.45) is 4.75. The third-order valence-corrected chi connectivity index (χ3v) is 4.73. The van der Waals surface area contributed by atoms with Gasteiger partial charge in [-0.15, -0.1) is 24.0 Å². The lowest BCUT2D eigenvalue weighted by molar-refractivity contribution is 0.133. The smallest absolute Gasteiger partial charge is 0.191 e. The summed E-state index contributed by atoms with van der Waals surface area (Å²) >= 11 is 0. The van der Waals surface area contributed by atoms with Crippen molar-refractivity contribution in [2.75, 3.05) is 26.3 Å². The number of nitrogens with zero attached hydrogens (tertiary/aromatic N) is 2. The highest BCUT2D eigenvalue weighted by Crippen LogP contribution is 2.16. The number of unbranched alkanes of at least 4 members (excludes halogenated alkanes) is 1. The second-order valence-electron chi connectivity index (χ2n) is 6.92. The van der Waals surface area contributed by atoms with Crippen LogP contribution >= 0.6 is 24.0 Å². The first-order chi connectivity index (χ1) is 14.3. The number of aryl methyl sites for hydroxylation is 2. The molecule has 0 spiro atoms. The molecular formula is C23H37IN4O2. The van der Waals surface area contributed by atoms with Gasteiger partial charge in [-0.2, -0.15) is 0 Å². The van der Waals surface area contributed by atoms with Gasteiger partial charge in [0.05, 0.1) is 18.8 Å². The third kappa shape index (κ3) is 9.47. The maximum atomic E-state index is 5.75. The van der Waals surface area contributed by atoms with E-state index in [0.717, 1.165) is 81.4 Å². The Morgan fingerprint density at radius 3 is 2.53 bits per heavy atom. The maximum absolute atomic E-state index is 5.75. The van der Waals surface area contributed by atoms with E-state index in [2.05, 4.69) is 60.8 Å². The first-order valence-corrected chi connectivity index (χ1v) is 10.9. The Balaban J connectivity index is 0.00000450. The number of hydrogen-bond acceptors (Lipinski definition) is 4. The van der Waals surface area contributed by atoms with Crippen molar-refractivity contribution in [1.29, 1.82) is 0 Å². The Kier molecular flexibility index (Phi) is 14.2. The first-order valence-electron chi connectivity index (χ1n) is 10.9. The minimum Gasteiger partial charge on any atom is -0.381 e. The van der Waals surface area contributed by atoms with Crippen molar-refractivity contribution in [3.05, 3.63) is 52.9 Å². The molecule has 2 rings (SSSR count). The van der Waals surface area contributed by atoms with E-state index in [-0.39, 0.29) is 24.0 Å². The number of benzene rings is 1. The number of rotatable bonds is 13. The number of ether oxygens (including phenoxy) is 1. The lowest BCUT2D eigenvalue weighted by atomic mass is 10.1. The van der Waals surface area contributed by atoms with E-state index in [1.54, 1.807) is 0 Å². The van der Waals surface area contributed by atoms with Crippen molar-refractivity contribution >= 4 is 29.9 Å². The fourth-order valence-corrected chi connectivity index (χ4v) is 3.09. The molecule has 0 amide bonds. The molecular weight excluding hydrogens is 491 g/mol. The largest absolute Gasteiger partial charge is 0.381 e. The van der Waals surface area contributed by atoms with Crippen LogP contribution in [-0.2, 0) is 30.5 Å². The van der Waals surface area contributed by atoms with E-state index in [1.165, 1.54) is 5.56 Å². The van der Waals surface area contributed by atoms with Gasteiger partial charge < -0.3 is 19.9 Å². The number of nitrogens with one attached hydrogen (secondary N) is 2. The molecule has 7 heteroatoms. The molecule has 0 aliphatic rings. The molecule has 1 aromatic heterocycles. The molecule has 0 aliphatic carbocycles. The van der Waals surface area contributed by atoms with Gasteiger partial charge in [0.15, 0.2) is 5.96 Å². The van der Waals surface area contributed by atoms with Crippen molar-refractivity contribution in [2.45, 2.75) is 59.4 Å². The molecule has 6 nitrogen and oxygen atoms in total. The van der Waals surface area contributed by atoms with Crippen LogP contribution in [0.5, 0.6) is 0 Å². The SMILES string of the molecule is CCNC(=NCc1c(CC)noc1CC)NCCCCOCCc1ccccc1.I. The van der Waals surface area contributed by atoms with Crippen molar-refractivity contribution in [3.63, 3.8) is 0 Å². The summed E-state index contributed by atoms with van der Waals surface area (Å²) in [7, 11) is 0. The highest BCUT2D eigenvalue weighted by atomic mass is 127. The number of guanidine groups is 1. The fraction of sp³-hybridized carbons (Fsp3) is 0.565. The average molecular weight is 528 g/mol. The van der Waals surface area contributed by atoms with Crippen LogP contribution in [0, 0.1) is 0 Å². The monoisotopic (exact) mass is 528 g/mol. The quantitative estimate of drug-likeness (QED) is 0.173. The summed E-state index contributed by atoms with van der Waals surface area (Å²) in [5.41, 5.74) is 3.46. The molecule has 1 heterocycles. The predicted molar refractivity (Wildman–Crippen MR) is 134 cm³/mol. The molecule has 0 aliphatic heterocycles. The molecule has 168 valence electrons. The number of hydrogen-bond donors (Lipinski definition) is 2. The summed E-state index contributed by atoms with van der Waals surface area (Å²) in [6.45, 7) is 10.1. The molecule has 0 atom stereocenters. The van der Waals surface area contributed by atoms with E-state index in [1.807, 2.05) is 6.07 Å². The summed E-state index contributed by atoms with van der Waals surface area (Å²) < 4.78 is 11.2. The molecule has 1 aromatic carbocycles. The van der Waals surface area contributed by atoms with Crippen LogP contribution < -0.4 is 10.6 Å². The van der Waals surface area contributed by atoms with Gasteiger partial charge >= 0.3 is 0 Å². The van der Waals surface area contributed by atoms with Crippen LogP contribution in [-0.4, -0.2) is 37.4 Å². The fourth-order valence-electron chi connectivity index (χ4n) is 3.09. The number of halogens is 1. The third-order valence-electron chi connectivity index (χ3n) is 4.73. The highest BCUT2D eigenvalue weighted by molar-refractivity contribution is 14.0. The van der Waals surface area contributed by atoms with Crippen LogP contribution in [0.25, 0.3) is 0 Å². The predicted octanol–water partition coefficient (Wildman–Crippen LogP) is 4.51. The van der Waals surface area contributed by atoms with Gasteiger partial charge in [-0.3, -0.25) is 0 Å². The molecule has 0 unspecified atom stereocenters. The van der Waals surface area contributed by atoms with E-state index in [9.17, 15) is 0 Å². The summed E-state index contributed by atoms with van der Waals surface area (Å²) in [5.74, 6) is 1.77.